The van der Waals surface area contributed by atoms with Crippen LogP contribution in [0.2, 0.25) is 0 Å². The lowest BCUT2D eigenvalue weighted by Gasteiger charge is -2.25. The van der Waals surface area contributed by atoms with E-state index < -0.39 is 12.8 Å². The van der Waals surface area contributed by atoms with Gasteiger partial charge in [0.1, 0.15) is 0 Å². The van der Waals surface area contributed by atoms with Crippen molar-refractivity contribution in [1.82, 2.24) is 0 Å². The Hall–Kier alpha value is -1.39. The molecule has 0 heterocycles. The van der Waals surface area contributed by atoms with Crippen LogP contribution < -0.4 is 4.90 Å². The molecule has 4 heteroatoms. The molecule has 0 spiro atoms. The molecule has 1 aromatic rings. The molecule has 1 aromatic carbocycles. The topological polar surface area (TPSA) is 60.8 Å². The van der Waals surface area contributed by atoms with Crippen LogP contribution >= 0.6 is 0 Å². The van der Waals surface area contributed by atoms with E-state index in [4.69, 9.17) is 5.11 Å². The molecule has 2 N–H and O–H groups in total. The third kappa shape index (κ3) is 2.31. The fourth-order valence-corrected chi connectivity index (χ4v) is 1.23. The molecule has 0 aliphatic rings. The van der Waals surface area contributed by atoms with Crippen LogP contribution in [0.4, 0.5) is 5.69 Å². The Balaban J connectivity index is 2.95. The van der Waals surface area contributed by atoms with Crippen LogP contribution in [0.1, 0.15) is 6.92 Å². The van der Waals surface area contributed by atoms with E-state index in [1.54, 1.807) is 24.3 Å². The minimum Gasteiger partial charge on any atom is -0.392 e. The normalized spacial score (nSPS) is 12.2. The Bertz CT molecular complexity index is 299. The van der Waals surface area contributed by atoms with E-state index >= 15 is 0 Å². The average molecular weight is 195 g/mol. The van der Waals surface area contributed by atoms with E-state index in [-0.39, 0.29) is 5.91 Å². The van der Waals surface area contributed by atoms with Gasteiger partial charge in [-0.25, -0.2) is 0 Å². The zero-order valence-corrected chi connectivity index (χ0v) is 7.92. The van der Waals surface area contributed by atoms with Crippen molar-refractivity contribution in [2.24, 2.45) is 0 Å². The number of nitrogens with zero attached hydrogens (tertiary/aromatic N) is 1. The Morgan fingerprint density at radius 3 is 2.43 bits per heavy atom. The summed E-state index contributed by atoms with van der Waals surface area (Å²) in [5.41, 5.74) is 0.571. The number of carbonyl (C=O) groups excluding carboxylic acids is 1. The molecule has 0 aromatic heterocycles. The van der Waals surface area contributed by atoms with E-state index in [2.05, 4.69) is 0 Å². The highest BCUT2D eigenvalue weighted by Gasteiger charge is 2.18. The lowest BCUT2D eigenvalue weighted by atomic mass is 10.2. The molecular weight excluding hydrogens is 182 g/mol. The van der Waals surface area contributed by atoms with Crippen molar-refractivity contribution < 1.29 is 15.0 Å². The molecule has 1 unspecified atom stereocenters. The molecule has 0 saturated heterocycles. The summed E-state index contributed by atoms with van der Waals surface area (Å²) in [5, 5.41) is 18.2. The summed E-state index contributed by atoms with van der Waals surface area (Å²) in [7, 11) is 0. The number of para-hydroxylation sites is 1. The van der Waals surface area contributed by atoms with Crippen LogP contribution in [0.15, 0.2) is 30.3 Å². The molecule has 14 heavy (non-hydrogen) atoms. The lowest BCUT2D eigenvalue weighted by molar-refractivity contribution is -0.119. The van der Waals surface area contributed by atoms with Crippen LogP contribution in [0.5, 0.6) is 0 Å². The number of hydrogen-bond donors (Lipinski definition) is 2. The Morgan fingerprint density at radius 2 is 2.00 bits per heavy atom. The summed E-state index contributed by atoms with van der Waals surface area (Å²) in [6.45, 7) is 0.861. The molecule has 0 aliphatic heterocycles. The first-order valence-electron chi connectivity index (χ1n) is 4.30. The second kappa shape index (κ2) is 4.74. The molecule has 76 valence electrons. The minimum atomic E-state index is -1.19. The Labute approximate surface area is 82.4 Å². The summed E-state index contributed by atoms with van der Waals surface area (Å²) >= 11 is 0. The first kappa shape index (κ1) is 10.7. The molecule has 1 rings (SSSR count). The number of aliphatic hydroxyl groups is 2. The van der Waals surface area contributed by atoms with E-state index in [0.29, 0.717) is 5.69 Å². The first-order valence-corrected chi connectivity index (χ1v) is 4.30. The van der Waals surface area contributed by atoms with Gasteiger partial charge < -0.3 is 10.2 Å². The molecule has 0 bridgehead atoms. The number of aliphatic hydroxyl groups excluding tert-OH is 2. The SMILES string of the molecule is CC(=O)N(c1ccccc1)C(O)CO. The van der Waals surface area contributed by atoms with E-state index in [1.807, 2.05) is 6.07 Å². The smallest absolute Gasteiger partial charge is 0.226 e. The van der Waals surface area contributed by atoms with Crippen molar-refractivity contribution in [1.29, 1.82) is 0 Å². The van der Waals surface area contributed by atoms with Gasteiger partial charge in [-0.3, -0.25) is 9.69 Å². The monoisotopic (exact) mass is 195 g/mol. The van der Waals surface area contributed by atoms with Gasteiger partial charge >= 0.3 is 0 Å². The molecular formula is C10H13NO3. The molecule has 1 atom stereocenters. The van der Waals surface area contributed by atoms with Gasteiger partial charge in [0.15, 0.2) is 6.23 Å². The van der Waals surface area contributed by atoms with Gasteiger partial charge in [-0.2, -0.15) is 0 Å². The van der Waals surface area contributed by atoms with Gasteiger partial charge in [0.05, 0.1) is 6.61 Å². The van der Waals surface area contributed by atoms with Gasteiger partial charge in [-0.15, -0.1) is 0 Å². The number of anilines is 1. The van der Waals surface area contributed by atoms with Crippen LogP contribution in [0.25, 0.3) is 0 Å². The van der Waals surface area contributed by atoms with Gasteiger partial charge in [-0.05, 0) is 12.1 Å². The molecule has 0 fully saturated rings. The highest BCUT2D eigenvalue weighted by molar-refractivity contribution is 5.91. The van der Waals surface area contributed by atoms with Crippen molar-refractivity contribution in [3.05, 3.63) is 30.3 Å². The minimum absolute atomic E-state index is 0.308. The molecule has 1 amide bonds. The summed E-state index contributed by atoms with van der Waals surface area (Å²) in [4.78, 5) is 12.3. The standard InChI is InChI=1S/C10H13NO3/c1-8(13)11(10(14)7-12)9-5-3-2-4-6-9/h2-6,10,12,14H,7H2,1H3. The van der Waals surface area contributed by atoms with Crippen molar-refractivity contribution >= 4 is 11.6 Å². The fourth-order valence-electron chi connectivity index (χ4n) is 1.23. The van der Waals surface area contributed by atoms with E-state index in [0.717, 1.165) is 4.90 Å². The number of amides is 1. The van der Waals surface area contributed by atoms with Crippen molar-refractivity contribution in [3.63, 3.8) is 0 Å². The van der Waals surface area contributed by atoms with Crippen LogP contribution in [0, 0.1) is 0 Å². The molecule has 0 saturated carbocycles. The quantitative estimate of drug-likeness (QED) is 0.684. The summed E-state index contributed by atoms with van der Waals surface area (Å²) < 4.78 is 0. The predicted molar refractivity (Wildman–Crippen MR) is 52.7 cm³/mol. The fraction of sp³-hybridized carbons (Fsp3) is 0.300. The third-order valence-corrected chi connectivity index (χ3v) is 1.83. The molecule has 0 aliphatic carbocycles. The molecule has 4 nitrogen and oxygen atoms in total. The predicted octanol–water partition coefficient (Wildman–Crippen LogP) is 0.350. The number of carbonyl (C=O) groups is 1. The second-order valence-corrected chi connectivity index (χ2v) is 2.89. The van der Waals surface area contributed by atoms with Crippen molar-refractivity contribution in [3.8, 4) is 0 Å². The third-order valence-electron chi connectivity index (χ3n) is 1.83. The maximum atomic E-state index is 11.2. The first-order chi connectivity index (χ1) is 6.66. The highest BCUT2D eigenvalue weighted by Crippen LogP contribution is 2.15. The zero-order valence-electron chi connectivity index (χ0n) is 7.92. The van der Waals surface area contributed by atoms with Gasteiger partial charge in [0.25, 0.3) is 0 Å². The average Bonchev–Trinajstić information content (AvgIpc) is 2.19. The van der Waals surface area contributed by atoms with Gasteiger partial charge in [0.2, 0.25) is 5.91 Å². The van der Waals surface area contributed by atoms with Crippen LogP contribution in [-0.4, -0.2) is 29.0 Å². The lowest BCUT2D eigenvalue weighted by Crippen LogP contribution is -2.41. The van der Waals surface area contributed by atoms with Gasteiger partial charge in [-0.1, -0.05) is 18.2 Å². The van der Waals surface area contributed by atoms with Crippen molar-refractivity contribution in [2.45, 2.75) is 13.2 Å². The van der Waals surface area contributed by atoms with Crippen molar-refractivity contribution in [2.75, 3.05) is 11.5 Å². The second-order valence-electron chi connectivity index (χ2n) is 2.89. The number of rotatable bonds is 3. The maximum absolute atomic E-state index is 11.2. The Morgan fingerprint density at radius 1 is 1.43 bits per heavy atom. The van der Waals surface area contributed by atoms with Crippen LogP contribution in [0.3, 0.4) is 0 Å². The summed E-state index contributed by atoms with van der Waals surface area (Å²) in [6.07, 6.45) is -1.19. The largest absolute Gasteiger partial charge is 0.392 e. The van der Waals surface area contributed by atoms with E-state index in [9.17, 15) is 9.90 Å². The number of benzene rings is 1. The highest BCUT2D eigenvalue weighted by atomic mass is 16.3. The van der Waals surface area contributed by atoms with Gasteiger partial charge in [0, 0.05) is 12.6 Å². The maximum Gasteiger partial charge on any atom is 0.226 e. The van der Waals surface area contributed by atoms with E-state index in [1.165, 1.54) is 6.92 Å². The molecule has 0 radical (unpaired) electrons. The summed E-state index contributed by atoms with van der Waals surface area (Å²) in [6, 6.07) is 8.72. The van der Waals surface area contributed by atoms with Crippen LogP contribution in [-0.2, 0) is 4.79 Å². The number of hydrogen-bond acceptors (Lipinski definition) is 3. The zero-order chi connectivity index (χ0) is 10.6. The Kier molecular flexibility index (Phi) is 3.62. The summed E-state index contributed by atoms with van der Waals surface area (Å²) in [5.74, 6) is -0.308.